The highest BCUT2D eigenvalue weighted by Crippen LogP contribution is 2.38. The second-order valence-corrected chi connectivity index (χ2v) is 5.48. The molecule has 1 aromatic carbocycles. The van der Waals surface area contributed by atoms with Crippen LogP contribution in [-0.4, -0.2) is 42.8 Å². The zero-order valence-electron chi connectivity index (χ0n) is 11.9. The van der Waals surface area contributed by atoms with Crippen molar-refractivity contribution >= 4 is 24.0 Å². The van der Waals surface area contributed by atoms with Crippen LogP contribution in [0, 0.1) is 0 Å². The summed E-state index contributed by atoms with van der Waals surface area (Å²) in [5.74, 6) is 0. The van der Waals surface area contributed by atoms with E-state index >= 15 is 0 Å². The van der Waals surface area contributed by atoms with Crippen LogP contribution in [0.2, 0.25) is 5.02 Å². The largest absolute Gasteiger partial charge is 0.416 e. The van der Waals surface area contributed by atoms with Gasteiger partial charge in [-0.2, -0.15) is 13.2 Å². The first kappa shape index (κ1) is 19.5. The number of nitrogens with zero attached hydrogens (tertiary/aromatic N) is 1. The van der Waals surface area contributed by atoms with Crippen molar-refractivity contribution in [2.45, 2.75) is 18.6 Å². The Morgan fingerprint density at radius 1 is 1.27 bits per heavy atom. The molecule has 0 radical (unpaired) electrons. The number of aliphatic hydroxyl groups is 1. The molecule has 0 unspecified atom stereocenters. The molecule has 126 valence electrons. The quantitative estimate of drug-likeness (QED) is 0.867. The minimum atomic E-state index is -4.46. The third kappa shape index (κ3) is 4.73. The van der Waals surface area contributed by atoms with E-state index in [1.54, 1.807) is 0 Å². The monoisotopic (exact) mass is 358 g/mol. The summed E-state index contributed by atoms with van der Waals surface area (Å²) in [6.07, 6.45) is -4.19. The Balaban J connectivity index is 0.00000242. The Labute approximate surface area is 138 Å². The lowest BCUT2D eigenvalue weighted by Crippen LogP contribution is -2.45. The zero-order valence-corrected chi connectivity index (χ0v) is 13.4. The van der Waals surface area contributed by atoms with Gasteiger partial charge in [-0.3, -0.25) is 4.90 Å². The van der Waals surface area contributed by atoms with Crippen LogP contribution in [0.4, 0.5) is 13.2 Å². The summed E-state index contributed by atoms with van der Waals surface area (Å²) in [6.45, 7) is 2.62. The number of halogens is 5. The van der Waals surface area contributed by atoms with Gasteiger partial charge in [-0.1, -0.05) is 17.7 Å². The molecule has 0 aromatic heterocycles. The minimum Gasteiger partial charge on any atom is -0.396 e. The predicted octanol–water partition coefficient (Wildman–Crippen LogP) is 3.11. The second-order valence-electron chi connectivity index (χ2n) is 5.04. The van der Waals surface area contributed by atoms with Gasteiger partial charge in [-0.15, -0.1) is 12.4 Å². The van der Waals surface area contributed by atoms with Crippen LogP contribution in [0.25, 0.3) is 0 Å². The maximum Gasteiger partial charge on any atom is 0.416 e. The molecule has 1 heterocycles. The average Bonchev–Trinajstić information content (AvgIpc) is 2.45. The van der Waals surface area contributed by atoms with Crippen molar-refractivity contribution in [1.82, 2.24) is 10.2 Å². The Kier molecular flexibility index (Phi) is 7.41. The Bertz CT molecular complexity index is 480. The molecule has 8 heteroatoms. The molecular weight excluding hydrogens is 340 g/mol. The molecule has 2 N–H and O–H groups in total. The van der Waals surface area contributed by atoms with Crippen LogP contribution in [0.5, 0.6) is 0 Å². The summed E-state index contributed by atoms with van der Waals surface area (Å²) in [6, 6.07) is 3.40. The number of nitrogens with one attached hydrogen (secondary N) is 1. The summed E-state index contributed by atoms with van der Waals surface area (Å²) in [5.41, 5.74) is -0.533. The van der Waals surface area contributed by atoms with Crippen LogP contribution < -0.4 is 5.32 Å². The van der Waals surface area contributed by atoms with Crippen LogP contribution in [0.1, 0.15) is 23.6 Å². The number of benzene rings is 1. The highest BCUT2D eigenvalue weighted by Gasteiger charge is 2.36. The molecule has 1 aromatic rings. The molecule has 0 aliphatic carbocycles. The first-order chi connectivity index (χ1) is 9.93. The van der Waals surface area contributed by atoms with Gasteiger partial charge in [0.25, 0.3) is 0 Å². The van der Waals surface area contributed by atoms with Gasteiger partial charge >= 0.3 is 6.18 Å². The third-order valence-electron chi connectivity index (χ3n) is 3.67. The van der Waals surface area contributed by atoms with Gasteiger partial charge in [0, 0.05) is 43.9 Å². The molecule has 0 bridgehead atoms. The van der Waals surface area contributed by atoms with E-state index in [4.69, 9.17) is 11.6 Å². The zero-order chi connectivity index (χ0) is 15.5. The number of alkyl halides is 3. The van der Waals surface area contributed by atoms with Crippen LogP contribution >= 0.6 is 24.0 Å². The van der Waals surface area contributed by atoms with Crippen LogP contribution in [0.15, 0.2) is 18.2 Å². The number of aliphatic hydroxyl groups excluding tert-OH is 1. The summed E-state index contributed by atoms with van der Waals surface area (Å²) in [4.78, 5) is 1.98. The van der Waals surface area contributed by atoms with E-state index in [1.807, 2.05) is 4.90 Å². The van der Waals surface area contributed by atoms with E-state index in [9.17, 15) is 18.3 Å². The molecule has 0 spiro atoms. The summed E-state index contributed by atoms with van der Waals surface area (Å²) < 4.78 is 39.7. The highest BCUT2D eigenvalue weighted by molar-refractivity contribution is 6.30. The molecule has 1 aliphatic rings. The first-order valence-electron chi connectivity index (χ1n) is 6.85. The van der Waals surface area contributed by atoms with Crippen molar-refractivity contribution in [3.8, 4) is 0 Å². The topological polar surface area (TPSA) is 35.5 Å². The van der Waals surface area contributed by atoms with E-state index in [0.29, 0.717) is 13.1 Å². The van der Waals surface area contributed by atoms with Gasteiger partial charge in [0.15, 0.2) is 0 Å². The maximum atomic E-state index is 13.2. The van der Waals surface area contributed by atoms with Crippen LogP contribution in [0.3, 0.4) is 0 Å². The van der Waals surface area contributed by atoms with E-state index in [0.717, 1.165) is 19.2 Å². The number of rotatable bonds is 4. The number of piperazine rings is 1. The fourth-order valence-electron chi connectivity index (χ4n) is 2.72. The van der Waals surface area contributed by atoms with E-state index in [1.165, 1.54) is 12.1 Å². The molecule has 2 rings (SSSR count). The van der Waals surface area contributed by atoms with E-state index in [2.05, 4.69) is 5.32 Å². The van der Waals surface area contributed by atoms with Gasteiger partial charge < -0.3 is 10.4 Å². The standard InChI is InChI=1S/C14H18ClF3N2O.ClH/c15-10-1-2-11(12(9-10)14(16,17)18)13(3-8-21)20-6-4-19-5-7-20;/h1-2,9,13,19,21H,3-8H2;1H/t13-;/m1./s1. The maximum absolute atomic E-state index is 13.2. The number of hydrogen-bond acceptors (Lipinski definition) is 3. The minimum absolute atomic E-state index is 0. The van der Waals surface area contributed by atoms with Crippen LogP contribution in [-0.2, 0) is 6.18 Å². The summed E-state index contributed by atoms with van der Waals surface area (Å²) in [7, 11) is 0. The predicted molar refractivity (Wildman–Crippen MR) is 82.6 cm³/mol. The van der Waals surface area contributed by atoms with Crippen molar-refractivity contribution < 1.29 is 18.3 Å². The number of hydrogen-bond donors (Lipinski definition) is 2. The fourth-order valence-corrected chi connectivity index (χ4v) is 2.89. The van der Waals surface area contributed by atoms with Gasteiger partial charge in [-0.05, 0) is 24.1 Å². The molecule has 1 fully saturated rings. The van der Waals surface area contributed by atoms with Gasteiger partial charge in [0.2, 0.25) is 0 Å². The third-order valence-corrected chi connectivity index (χ3v) is 3.91. The summed E-state index contributed by atoms with van der Waals surface area (Å²) >= 11 is 5.72. The highest BCUT2D eigenvalue weighted by atomic mass is 35.5. The second kappa shape index (κ2) is 8.36. The van der Waals surface area contributed by atoms with Crippen molar-refractivity contribution in [2.75, 3.05) is 32.8 Å². The van der Waals surface area contributed by atoms with E-state index in [-0.39, 0.29) is 36.0 Å². The summed E-state index contributed by atoms with van der Waals surface area (Å²) in [5, 5.41) is 12.5. The van der Waals surface area contributed by atoms with Crippen molar-refractivity contribution in [3.63, 3.8) is 0 Å². The molecule has 22 heavy (non-hydrogen) atoms. The lowest BCUT2D eigenvalue weighted by molar-refractivity contribution is -0.138. The first-order valence-corrected chi connectivity index (χ1v) is 7.23. The molecular formula is C14H19Cl2F3N2O. The fraction of sp³-hybridized carbons (Fsp3) is 0.571. The normalized spacial score (nSPS) is 17.9. The smallest absolute Gasteiger partial charge is 0.396 e. The van der Waals surface area contributed by atoms with Crippen molar-refractivity contribution in [1.29, 1.82) is 0 Å². The van der Waals surface area contributed by atoms with Crippen molar-refractivity contribution in [2.24, 2.45) is 0 Å². The Hall–Kier alpha value is -0.530. The molecule has 0 amide bonds. The Morgan fingerprint density at radius 2 is 1.91 bits per heavy atom. The molecule has 1 atom stereocenters. The SMILES string of the molecule is Cl.OCC[C@H](c1ccc(Cl)cc1C(F)(F)F)N1CCNCC1. The Morgan fingerprint density at radius 3 is 2.45 bits per heavy atom. The lowest BCUT2D eigenvalue weighted by atomic mass is 9.95. The lowest BCUT2D eigenvalue weighted by Gasteiger charge is -2.36. The van der Waals surface area contributed by atoms with E-state index < -0.39 is 17.8 Å². The van der Waals surface area contributed by atoms with Gasteiger partial charge in [-0.25, -0.2) is 0 Å². The average molecular weight is 359 g/mol. The molecule has 3 nitrogen and oxygen atoms in total. The van der Waals surface area contributed by atoms with Crippen molar-refractivity contribution in [3.05, 3.63) is 34.3 Å². The molecule has 1 aliphatic heterocycles. The van der Waals surface area contributed by atoms with Gasteiger partial charge in [0.05, 0.1) is 5.56 Å². The van der Waals surface area contributed by atoms with Gasteiger partial charge in [0.1, 0.15) is 0 Å². The molecule has 1 saturated heterocycles. The molecule has 0 saturated carbocycles.